The molecule has 0 bridgehead atoms. The Balaban J connectivity index is 1.57. The number of halogens is 2. The highest BCUT2D eigenvalue weighted by molar-refractivity contribution is 7.17. The quantitative estimate of drug-likeness (QED) is 0.603. The Morgan fingerprint density at radius 2 is 1.86 bits per heavy atom. The van der Waals surface area contributed by atoms with Crippen molar-refractivity contribution in [3.05, 3.63) is 69.0 Å². The first-order valence-corrected chi connectivity index (χ1v) is 8.47. The van der Waals surface area contributed by atoms with Crippen LogP contribution in [0.25, 0.3) is 10.1 Å². The maximum absolute atomic E-state index is 6.18. The van der Waals surface area contributed by atoms with Crippen molar-refractivity contribution in [2.75, 3.05) is 6.54 Å². The third-order valence-electron chi connectivity index (χ3n) is 3.46. The van der Waals surface area contributed by atoms with Gasteiger partial charge < -0.3 is 5.32 Å². The standard InChI is InChI=1S/C17H15Cl2NS/c18-14-6-5-12(16(19)9-14)7-8-20-10-13-11-21-17-4-2-1-3-15(13)17/h1-6,9,11,20H,7-8,10H2. The molecule has 1 N–H and O–H groups in total. The average Bonchev–Trinajstić information content (AvgIpc) is 2.89. The van der Waals surface area contributed by atoms with Crippen LogP contribution in [0, 0.1) is 0 Å². The molecule has 0 saturated carbocycles. The Bertz CT molecular complexity index is 751. The zero-order valence-corrected chi connectivity index (χ0v) is 13.7. The van der Waals surface area contributed by atoms with Gasteiger partial charge in [-0.2, -0.15) is 0 Å². The van der Waals surface area contributed by atoms with Gasteiger partial charge in [-0.1, -0.05) is 47.5 Å². The zero-order chi connectivity index (χ0) is 14.7. The lowest BCUT2D eigenvalue weighted by molar-refractivity contribution is 0.691. The molecule has 1 heterocycles. The van der Waals surface area contributed by atoms with Crippen molar-refractivity contribution in [3.63, 3.8) is 0 Å². The van der Waals surface area contributed by atoms with E-state index in [-0.39, 0.29) is 0 Å². The molecule has 0 aliphatic heterocycles. The molecule has 0 aliphatic carbocycles. The predicted octanol–water partition coefficient (Wildman–Crippen LogP) is 5.54. The van der Waals surface area contributed by atoms with E-state index in [1.807, 2.05) is 12.1 Å². The van der Waals surface area contributed by atoms with Crippen LogP contribution in [-0.4, -0.2) is 6.54 Å². The Morgan fingerprint density at radius 3 is 2.71 bits per heavy atom. The minimum atomic E-state index is 0.682. The number of rotatable bonds is 5. The molecule has 3 rings (SSSR count). The van der Waals surface area contributed by atoms with E-state index in [9.17, 15) is 0 Å². The second kappa shape index (κ2) is 6.80. The molecule has 108 valence electrons. The Hall–Kier alpha value is -1.06. The van der Waals surface area contributed by atoms with E-state index < -0.39 is 0 Å². The van der Waals surface area contributed by atoms with Gasteiger partial charge in [-0.3, -0.25) is 0 Å². The summed E-state index contributed by atoms with van der Waals surface area (Å²) in [6, 6.07) is 14.2. The number of hydrogen-bond donors (Lipinski definition) is 1. The molecule has 0 fully saturated rings. The maximum Gasteiger partial charge on any atom is 0.0453 e. The normalized spacial score (nSPS) is 11.1. The molecule has 0 saturated heterocycles. The van der Waals surface area contributed by atoms with Gasteiger partial charge >= 0.3 is 0 Å². The molecule has 21 heavy (non-hydrogen) atoms. The molecule has 2 aromatic carbocycles. The summed E-state index contributed by atoms with van der Waals surface area (Å²) in [6.45, 7) is 1.78. The van der Waals surface area contributed by atoms with Gasteiger partial charge in [0.2, 0.25) is 0 Å². The van der Waals surface area contributed by atoms with Crippen LogP contribution in [-0.2, 0) is 13.0 Å². The first-order chi connectivity index (χ1) is 10.2. The summed E-state index contributed by atoms with van der Waals surface area (Å²) in [7, 11) is 0. The van der Waals surface area contributed by atoms with Crippen LogP contribution in [0.5, 0.6) is 0 Å². The molecule has 0 atom stereocenters. The topological polar surface area (TPSA) is 12.0 Å². The molecule has 1 aromatic heterocycles. The van der Waals surface area contributed by atoms with E-state index in [0.717, 1.165) is 30.1 Å². The molecule has 0 spiro atoms. The Morgan fingerprint density at radius 1 is 1.00 bits per heavy atom. The minimum Gasteiger partial charge on any atom is -0.312 e. The second-order valence-electron chi connectivity index (χ2n) is 4.92. The Labute approximate surface area is 138 Å². The van der Waals surface area contributed by atoms with Gasteiger partial charge in [0.05, 0.1) is 0 Å². The maximum atomic E-state index is 6.18. The third-order valence-corrected chi connectivity index (χ3v) is 5.06. The Kier molecular flexibility index (Phi) is 4.81. The van der Waals surface area contributed by atoms with Crippen LogP contribution in [0.1, 0.15) is 11.1 Å². The van der Waals surface area contributed by atoms with Crippen LogP contribution < -0.4 is 5.32 Å². The van der Waals surface area contributed by atoms with E-state index in [2.05, 4.69) is 35.0 Å². The molecular formula is C17H15Cl2NS. The molecule has 0 radical (unpaired) electrons. The smallest absolute Gasteiger partial charge is 0.0453 e. The summed E-state index contributed by atoms with van der Waals surface area (Å²) in [5.74, 6) is 0. The fourth-order valence-corrected chi connectivity index (χ4v) is 3.81. The van der Waals surface area contributed by atoms with Crippen LogP contribution in [0.3, 0.4) is 0 Å². The van der Waals surface area contributed by atoms with E-state index in [0.29, 0.717) is 5.02 Å². The van der Waals surface area contributed by atoms with Gasteiger partial charge in [0.15, 0.2) is 0 Å². The van der Waals surface area contributed by atoms with E-state index in [4.69, 9.17) is 23.2 Å². The van der Waals surface area contributed by atoms with E-state index in [1.165, 1.54) is 15.6 Å². The molecule has 0 unspecified atom stereocenters. The number of nitrogens with one attached hydrogen (secondary N) is 1. The van der Waals surface area contributed by atoms with Crippen LogP contribution in [0.4, 0.5) is 0 Å². The third kappa shape index (κ3) is 3.58. The first kappa shape index (κ1) is 14.9. The van der Waals surface area contributed by atoms with Gasteiger partial charge in [-0.25, -0.2) is 0 Å². The van der Waals surface area contributed by atoms with Crippen molar-refractivity contribution in [2.45, 2.75) is 13.0 Å². The summed E-state index contributed by atoms with van der Waals surface area (Å²) in [6.07, 6.45) is 0.901. The van der Waals surface area contributed by atoms with Crippen molar-refractivity contribution < 1.29 is 0 Å². The molecule has 0 aliphatic rings. The van der Waals surface area contributed by atoms with Crippen LogP contribution in [0.15, 0.2) is 47.8 Å². The number of thiophene rings is 1. The summed E-state index contributed by atoms with van der Waals surface area (Å²) in [5.41, 5.74) is 2.49. The highest BCUT2D eigenvalue weighted by Gasteiger charge is 2.04. The number of benzene rings is 2. The van der Waals surface area contributed by atoms with Crippen molar-refractivity contribution in [3.8, 4) is 0 Å². The second-order valence-corrected chi connectivity index (χ2v) is 6.67. The van der Waals surface area contributed by atoms with Crippen LogP contribution in [0.2, 0.25) is 10.0 Å². The lowest BCUT2D eigenvalue weighted by atomic mass is 10.1. The van der Waals surface area contributed by atoms with Gasteiger partial charge in [-0.05, 0) is 53.1 Å². The lowest BCUT2D eigenvalue weighted by Crippen LogP contribution is -2.16. The minimum absolute atomic E-state index is 0.682. The predicted molar refractivity (Wildman–Crippen MR) is 93.7 cm³/mol. The molecule has 1 nitrogen and oxygen atoms in total. The fraction of sp³-hybridized carbons (Fsp3) is 0.176. The zero-order valence-electron chi connectivity index (χ0n) is 11.4. The largest absolute Gasteiger partial charge is 0.312 e. The number of fused-ring (bicyclic) bond motifs is 1. The molecular weight excluding hydrogens is 321 g/mol. The van der Waals surface area contributed by atoms with E-state index in [1.54, 1.807) is 17.4 Å². The van der Waals surface area contributed by atoms with Crippen molar-refractivity contribution in [2.24, 2.45) is 0 Å². The van der Waals surface area contributed by atoms with E-state index >= 15 is 0 Å². The summed E-state index contributed by atoms with van der Waals surface area (Å²) < 4.78 is 1.34. The van der Waals surface area contributed by atoms with Gasteiger partial charge in [0.25, 0.3) is 0 Å². The number of hydrogen-bond acceptors (Lipinski definition) is 2. The summed E-state index contributed by atoms with van der Waals surface area (Å²) >= 11 is 13.9. The summed E-state index contributed by atoms with van der Waals surface area (Å²) in [5, 5.41) is 8.48. The molecule has 4 heteroatoms. The van der Waals surface area contributed by atoms with Gasteiger partial charge in [-0.15, -0.1) is 11.3 Å². The lowest BCUT2D eigenvalue weighted by Gasteiger charge is -2.06. The average molecular weight is 336 g/mol. The SMILES string of the molecule is Clc1ccc(CCNCc2csc3ccccc23)c(Cl)c1. The van der Waals surface area contributed by atoms with Gasteiger partial charge in [0, 0.05) is 21.3 Å². The summed E-state index contributed by atoms with van der Waals surface area (Å²) in [4.78, 5) is 0. The fourth-order valence-electron chi connectivity index (χ4n) is 2.34. The molecule has 3 aromatic rings. The highest BCUT2D eigenvalue weighted by Crippen LogP contribution is 2.25. The highest BCUT2D eigenvalue weighted by atomic mass is 35.5. The van der Waals surface area contributed by atoms with Crippen molar-refractivity contribution in [1.82, 2.24) is 5.32 Å². The first-order valence-electron chi connectivity index (χ1n) is 6.84. The monoisotopic (exact) mass is 335 g/mol. The van der Waals surface area contributed by atoms with Gasteiger partial charge in [0.1, 0.15) is 0 Å². The van der Waals surface area contributed by atoms with Crippen molar-refractivity contribution in [1.29, 1.82) is 0 Å². The van der Waals surface area contributed by atoms with Crippen LogP contribution >= 0.6 is 34.5 Å². The van der Waals surface area contributed by atoms with Crippen molar-refractivity contribution >= 4 is 44.6 Å². The molecule has 0 amide bonds.